The van der Waals surface area contributed by atoms with E-state index in [1.165, 1.54) is 6.07 Å². The summed E-state index contributed by atoms with van der Waals surface area (Å²) >= 11 is 6.03. The van der Waals surface area contributed by atoms with Gasteiger partial charge in [0.25, 0.3) is 5.56 Å². The fourth-order valence-electron chi connectivity index (χ4n) is 2.41. The number of aryl methyl sites for hydroxylation is 1. The molecule has 1 aromatic rings. The molecule has 0 atom stereocenters. The van der Waals surface area contributed by atoms with E-state index in [-0.39, 0.29) is 22.8 Å². The standard InChI is InChI=1S/C14H19ClN2O2/c1-2-17-9-12(7-8-13(17)18)16-14(19)10-3-5-11(15)6-4-10/h7-11H,2-6H2,1H3,(H,16,19). The van der Waals surface area contributed by atoms with Crippen LogP contribution in [0.15, 0.2) is 23.1 Å². The Morgan fingerprint density at radius 3 is 2.68 bits per heavy atom. The van der Waals surface area contributed by atoms with Crippen LogP contribution >= 0.6 is 11.6 Å². The zero-order chi connectivity index (χ0) is 13.8. The van der Waals surface area contributed by atoms with Gasteiger partial charge in [0.15, 0.2) is 0 Å². The molecule has 0 saturated heterocycles. The van der Waals surface area contributed by atoms with Gasteiger partial charge in [-0.25, -0.2) is 0 Å². The molecule has 1 amide bonds. The summed E-state index contributed by atoms with van der Waals surface area (Å²) < 4.78 is 1.57. The number of alkyl halides is 1. The molecule has 4 nitrogen and oxygen atoms in total. The zero-order valence-corrected chi connectivity index (χ0v) is 11.8. The van der Waals surface area contributed by atoms with Crippen LogP contribution in [0.1, 0.15) is 32.6 Å². The van der Waals surface area contributed by atoms with E-state index >= 15 is 0 Å². The molecular weight excluding hydrogens is 264 g/mol. The minimum absolute atomic E-state index is 0.0323. The molecule has 104 valence electrons. The van der Waals surface area contributed by atoms with Crippen LogP contribution < -0.4 is 10.9 Å². The summed E-state index contributed by atoms with van der Waals surface area (Å²) in [6, 6.07) is 3.13. The number of aromatic nitrogens is 1. The summed E-state index contributed by atoms with van der Waals surface area (Å²) in [6.07, 6.45) is 5.16. The second kappa shape index (κ2) is 6.24. The van der Waals surface area contributed by atoms with Gasteiger partial charge in [0.1, 0.15) is 0 Å². The molecule has 1 aliphatic carbocycles. The molecular formula is C14H19ClN2O2. The van der Waals surface area contributed by atoms with Gasteiger partial charge in [0.05, 0.1) is 5.69 Å². The maximum Gasteiger partial charge on any atom is 0.250 e. The van der Waals surface area contributed by atoms with Crippen molar-refractivity contribution in [2.75, 3.05) is 5.32 Å². The molecule has 1 fully saturated rings. The first-order valence-electron chi connectivity index (χ1n) is 6.75. The van der Waals surface area contributed by atoms with Gasteiger partial charge in [0.2, 0.25) is 5.91 Å². The Morgan fingerprint density at radius 2 is 2.05 bits per heavy atom. The van der Waals surface area contributed by atoms with Gasteiger partial charge < -0.3 is 9.88 Å². The molecule has 0 bridgehead atoms. The van der Waals surface area contributed by atoms with Crippen molar-refractivity contribution < 1.29 is 4.79 Å². The van der Waals surface area contributed by atoms with Gasteiger partial charge in [-0.15, -0.1) is 11.6 Å². The van der Waals surface area contributed by atoms with Crippen LogP contribution in [0.2, 0.25) is 0 Å². The molecule has 1 N–H and O–H groups in total. The second-order valence-corrected chi connectivity index (χ2v) is 5.60. The lowest BCUT2D eigenvalue weighted by molar-refractivity contribution is -0.120. The van der Waals surface area contributed by atoms with Crippen LogP contribution in [0.3, 0.4) is 0 Å². The Labute approximate surface area is 117 Å². The number of nitrogens with zero attached hydrogens (tertiary/aromatic N) is 1. The summed E-state index contributed by atoms with van der Waals surface area (Å²) in [6.45, 7) is 2.49. The molecule has 0 unspecified atom stereocenters. The van der Waals surface area contributed by atoms with Crippen molar-refractivity contribution >= 4 is 23.2 Å². The lowest BCUT2D eigenvalue weighted by atomic mass is 9.88. The Kier molecular flexibility index (Phi) is 4.64. The third kappa shape index (κ3) is 3.60. The van der Waals surface area contributed by atoms with Crippen LogP contribution in [0.4, 0.5) is 5.69 Å². The third-order valence-corrected chi connectivity index (χ3v) is 4.06. The number of amides is 1. The first-order valence-corrected chi connectivity index (χ1v) is 7.19. The Bertz CT molecular complexity index is 504. The molecule has 1 aromatic heterocycles. The Hall–Kier alpha value is -1.29. The van der Waals surface area contributed by atoms with Crippen LogP contribution in [-0.2, 0) is 11.3 Å². The number of anilines is 1. The van der Waals surface area contributed by atoms with Crippen molar-refractivity contribution in [3.8, 4) is 0 Å². The molecule has 0 spiro atoms. The highest BCUT2D eigenvalue weighted by atomic mass is 35.5. The fraction of sp³-hybridized carbons (Fsp3) is 0.571. The van der Waals surface area contributed by atoms with Gasteiger partial charge in [0, 0.05) is 30.1 Å². The van der Waals surface area contributed by atoms with Crippen LogP contribution in [-0.4, -0.2) is 15.9 Å². The summed E-state index contributed by atoms with van der Waals surface area (Å²) in [5.41, 5.74) is 0.627. The van der Waals surface area contributed by atoms with Crippen molar-refractivity contribution in [1.82, 2.24) is 4.57 Å². The average molecular weight is 283 g/mol. The summed E-state index contributed by atoms with van der Waals surface area (Å²) in [4.78, 5) is 23.6. The molecule has 0 aromatic carbocycles. The Morgan fingerprint density at radius 1 is 1.37 bits per heavy atom. The van der Waals surface area contributed by atoms with Gasteiger partial charge in [-0.05, 0) is 38.7 Å². The number of carbonyl (C=O) groups is 1. The van der Waals surface area contributed by atoms with E-state index in [4.69, 9.17) is 11.6 Å². The summed E-state index contributed by atoms with van der Waals surface area (Å²) in [7, 11) is 0. The summed E-state index contributed by atoms with van der Waals surface area (Å²) in [5.74, 6) is 0.0712. The van der Waals surface area contributed by atoms with Crippen LogP contribution in [0.5, 0.6) is 0 Å². The first kappa shape index (κ1) is 14.1. The van der Waals surface area contributed by atoms with Crippen molar-refractivity contribution in [3.63, 3.8) is 0 Å². The number of hydrogen-bond acceptors (Lipinski definition) is 2. The topological polar surface area (TPSA) is 51.1 Å². The van der Waals surface area contributed by atoms with E-state index < -0.39 is 0 Å². The molecule has 5 heteroatoms. The number of hydrogen-bond donors (Lipinski definition) is 1. The fourth-order valence-corrected chi connectivity index (χ4v) is 2.66. The molecule has 1 heterocycles. The number of halogens is 1. The predicted octanol–water partition coefficient (Wildman–Crippen LogP) is 2.60. The van der Waals surface area contributed by atoms with Gasteiger partial charge in [-0.2, -0.15) is 0 Å². The first-order chi connectivity index (χ1) is 9.10. The highest BCUT2D eigenvalue weighted by Gasteiger charge is 2.25. The van der Waals surface area contributed by atoms with Crippen LogP contribution in [0, 0.1) is 5.92 Å². The monoisotopic (exact) mass is 282 g/mol. The van der Waals surface area contributed by atoms with E-state index in [2.05, 4.69) is 5.32 Å². The lowest BCUT2D eigenvalue weighted by Crippen LogP contribution is -2.28. The minimum Gasteiger partial charge on any atom is -0.325 e. The van der Waals surface area contributed by atoms with Crippen molar-refractivity contribution in [2.45, 2.75) is 44.5 Å². The number of carbonyl (C=O) groups excluding carboxylic acids is 1. The normalized spacial score (nSPS) is 23.1. The molecule has 0 radical (unpaired) electrons. The van der Waals surface area contributed by atoms with Crippen molar-refractivity contribution in [3.05, 3.63) is 28.7 Å². The smallest absolute Gasteiger partial charge is 0.250 e. The Balaban J connectivity index is 2.00. The van der Waals surface area contributed by atoms with E-state index in [9.17, 15) is 9.59 Å². The minimum atomic E-state index is -0.0526. The maximum absolute atomic E-state index is 12.1. The second-order valence-electron chi connectivity index (χ2n) is 4.98. The predicted molar refractivity (Wildman–Crippen MR) is 76.6 cm³/mol. The van der Waals surface area contributed by atoms with Crippen LogP contribution in [0.25, 0.3) is 0 Å². The zero-order valence-electron chi connectivity index (χ0n) is 11.1. The van der Waals surface area contributed by atoms with E-state index in [0.717, 1.165) is 25.7 Å². The van der Waals surface area contributed by atoms with Crippen molar-refractivity contribution in [1.29, 1.82) is 0 Å². The molecule has 1 aliphatic rings. The lowest BCUT2D eigenvalue weighted by Gasteiger charge is -2.24. The third-order valence-electron chi connectivity index (χ3n) is 3.62. The highest BCUT2D eigenvalue weighted by molar-refractivity contribution is 6.20. The SMILES string of the molecule is CCn1cc(NC(=O)C2CCC(Cl)CC2)ccc1=O. The van der Waals surface area contributed by atoms with Gasteiger partial charge in [-0.3, -0.25) is 9.59 Å². The quantitative estimate of drug-likeness (QED) is 0.867. The van der Waals surface area contributed by atoms with E-state index in [1.807, 2.05) is 6.92 Å². The highest BCUT2D eigenvalue weighted by Crippen LogP contribution is 2.28. The summed E-state index contributed by atoms with van der Waals surface area (Å²) in [5, 5.41) is 3.10. The molecule has 2 rings (SSSR count). The van der Waals surface area contributed by atoms with E-state index in [1.54, 1.807) is 16.8 Å². The van der Waals surface area contributed by atoms with E-state index in [0.29, 0.717) is 12.2 Å². The number of nitrogens with one attached hydrogen (secondary N) is 1. The number of pyridine rings is 1. The molecule has 1 saturated carbocycles. The van der Waals surface area contributed by atoms with Gasteiger partial charge in [-0.1, -0.05) is 0 Å². The maximum atomic E-state index is 12.1. The molecule has 0 aliphatic heterocycles. The molecule has 19 heavy (non-hydrogen) atoms. The van der Waals surface area contributed by atoms with Crippen molar-refractivity contribution in [2.24, 2.45) is 5.92 Å². The number of rotatable bonds is 3. The van der Waals surface area contributed by atoms with Gasteiger partial charge >= 0.3 is 0 Å². The largest absolute Gasteiger partial charge is 0.325 e. The average Bonchev–Trinajstić information content (AvgIpc) is 2.41.